The van der Waals surface area contributed by atoms with Crippen LogP contribution in [0.15, 0.2) is 24.3 Å². The van der Waals surface area contributed by atoms with Gasteiger partial charge in [0.05, 0.1) is 19.9 Å². The van der Waals surface area contributed by atoms with Gasteiger partial charge in [-0.05, 0) is 24.6 Å². The normalized spacial score (nSPS) is 10.4. The maximum atomic E-state index is 6.11. The van der Waals surface area contributed by atoms with Gasteiger partial charge in [-0.1, -0.05) is 36.0 Å². The number of aromatic nitrogens is 2. The SMILES string of the molecule is COc1ccc(Cn2c(C)c(Cl)nc(OC)c2=S)cc1. The van der Waals surface area contributed by atoms with Gasteiger partial charge < -0.3 is 14.0 Å². The molecule has 0 spiro atoms. The first-order valence-electron chi connectivity index (χ1n) is 6.00. The van der Waals surface area contributed by atoms with E-state index in [0.717, 1.165) is 17.0 Å². The molecule has 1 aromatic carbocycles. The molecule has 2 rings (SSSR count). The Labute approximate surface area is 127 Å². The Hall–Kier alpha value is -1.59. The zero-order valence-electron chi connectivity index (χ0n) is 11.5. The molecule has 0 radical (unpaired) electrons. The van der Waals surface area contributed by atoms with Crippen LogP contribution in [0.1, 0.15) is 11.3 Å². The van der Waals surface area contributed by atoms with Crippen molar-refractivity contribution in [1.82, 2.24) is 9.55 Å². The zero-order valence-corrected chi connectivity index (χ0v) is 13.1. The molecule has 0 bridgehead atoms. The minimum absolute atomic E-state index is 0.365. The molecule has 0 aliphatic rings. The van der Waals surface area contributed by atoms with Crippen LogP contribution < -0.4 is 9.47 Å². The van der Waals surface area contributed by atoms with Gasteiger partial charge in [0, 0.05) is 6.54 Å². The summed E-state index contributed by atoms with van der Waals surface area (Å²) in [5.41, 5.74) is 1.91. The minimum atomic E-state index is 0.365. The predicted octanol–water partition coefficient (Wildman–Crippen LogP) is 3.64. The molecule has 0 atom stereocenters. The molecule has 0 saturated heterocycles. The first-order chi connectivity index (χ1) is 9.56. The highest BCUT2D eigenvalue weighted by atomic mass is 35.5. The number of benzene rings is 1. The molecule has 0 amide bonds. The van der Waals surface area contributed by atoms with Crippen LogP contribution in [-0.4, -0.2) is 23.8 Å². The van der Waals surface area contributed by atoms with Crippen molar-refractivity contribution in [2.75, 3.05) is 14.2 Å². The van der Waals surface area contributed by atoms with E-state index in [4.69, 9.17) is 33.3 Å². The molecule has 0 fully saturated rings. The lowest BCUT2D eigenvalue weighted by atomic mass is 10.2. The highest BCUT2D eigenvalue weighted by Gasteiger charge is 2.10. The molecule has 6 heteroatoms. The summed E-state index contributed by atoms with van der Waals surface area (Å²) in [5.74, 6) is 1.18. The molecule has 0 unspecified atom stereocenters. The standard InChI is InChI=1S/C14H15ClN2O2S/c1-9-12(15)16-13(19-3)14(20)17(9)8-10-4-6-11(18-2)7-5-10/h4-7H,8H2,1-3H3. The average molecular weight is 311 g/mol. The predicted molar refractivity (Wildman–Crippen MR) is 81.5 cm³/mol. The Morgan fingerprint density at radius 1 is 1.20 bits per heavy atom. The van der Waals surface area contributed by atoms with Gasteiger partial charge in [-0.3, -0.25) is 0 Å². The van der Waals surface area contributed by atoms with Crippen LogP contribution in [0.25, 0.3) is 0 Å². The summed E-state index contributed by atoms with van der Waals surface area (Å²) >= 11 is 11.5. The van der Waals surface area contributed by atoms with Crippen LogP contribution in [0.4, 0.5) is 0 Å². The van der Waals surface area contributed by atoms with Gasteiger partial charge in [0.1, 0.15) is 5.75 Å². The molecular formula is C14H15ClN2O2S. The average Bonchev–Trinajstić information content (AvgIpc) is 2.48. The highest BCUT2D eigenvalue weighted by molar-refractivity contribution is 7.71. The Bertz CT molecular complexity index is 668. The summed E-state index contributed by atoms with van der Waals surface area (Å²) in [6, 6.07) is 7.80. The molecule has 1 aromatic heterocycles. The summed E-state index contributed by atoms with van der Waals surface area (Å²) in [6.45, 7) is 2.49. The number of hydrogen-bond acceptors (Lipinski definition) is 4. The first-order valence-corrected chi connectivity index (χ1v) is 6.79. The van der Waals surface area contributed by atoms with E-state index < -0.39 is 0 Å². The van der Waals surface area contributed by atoms with Crippen molar-refractivity contribution in [3.05, 3.63) is 45.3 Å². The monoisotopic (exact) mass is 310 g/mol. The number of nitrogens with zero attached hydrogens (tertiary/aromatic N) is 2. The molecular weight excluding hydrogens is 296 g/mol. The van der Waals surface area contributed by atoms with Gasteiger partial charge in [0.2, 0.25) is 0 Å². The van der Waals surface area contributed by atoms with E-state index in [-0.39, 0.29) is 0 Å². The van der Waals surface area contributed by atoms with Crippen molar-refractivity contribution in [3.8, 4) is 11.6 Å². The van der Waals surface area contributed by atoms with E-state index in [1.165, 1.54) is 7.11 Å². The molecule has 2 aromatic rings. The Balaban J connectivity index is 2.42. The van der Waals surface area contributed by atoms with Crippen LogP contribution in [-0.2, 0) is 6.54 Å². The van der Waals surface area contributed by atoms with Crippen LogP contribution in [0.3, 0.4) is 0 Å². The van der Waals surface area contributed by atoms with Crippen LogP contribution in [0, 0.1) is 11.6 Å². The van der Waals surface area contributed by atoms with Crippen molar-refractivity contribution in [1.29, 1.82) is 0 Å². The number of hydrogen-bond donors (Lipinski definition) is 0. The number of halogens is 1. The van der Waals surface area contributed by atoms with E-state index in [9.17, 15) is 0 Å². The molecule has 106 valence electrons. The van der Waals surface area contributed by atoms with Crippen molar-refractivity contribution < 1.29 is 9.47 Å². The third kappa shape index (κ3) is 2.94. The number of ether oxygens (including phenoxy) is 2. The summed E-state index contributed by atoms with van der Waals surface area (Å²) in [4.78, 5) is 4.12. The second kappa shape index (κ2) is 6.24. The number of rotatable bonds is 4. The van der Waals surface area contributed by atoms with Gasteiger partial charge in [0.25, 0.3) is 5.88 Å². The highest BCUT2D eigenvalue weighted by Crippen LogP contribution is 2.21. The minimum Gasteiger partial charge on any atom is -0.497 e. The van der Waals surface area contributed by atoms with Crippen LogP contribution in [0.5, 0.6) is 11.6 Å². The molecule has 0 aliphatic carbocycles. The zero-order chi connectivity index (χ0) is 14.7. The van der Waals surface area contributed by atoms with Gasteiger partial charge in [-0.15, -0.1) is 0 Å². The summed E-state index contributed by atoms with van der Waals surface area (Å²) in [6.07, 6.45) is 0. The fourth-order valence-electron chi connectivity index (χ4n) is 1.83. The molecule has 4 nitrogen and oxygen atoms in total. The van der Waals surface area contributed by atoms with E-state index in [2.05, 4.69) is 4.98 Å². The van der Waals surface area contributed by atoms with Crippen molar-refractivity contribution >= 4 is 23.8 Å². The Kier molecular flexibility index (Phi) is 4.62. The van der Waals surface area contributed by atoms with E-state index in [1.807, 2.05) is 35.8 Å². The largest absolute Gasteiger partial charge is 0.497 e. The van der Waals surface area contributed by atoms with Gasteiger partial charge in [0.15, 0.2) is 9.79 Å². The first kappa shape index (κ1) is 14.8. The van der Waals surface area contributed by atoms with E-state index in [0.29, 0.717) is 22.2 Å². The van der Waals surface area contributed by atoms with E-state index in [1.54, 1.807) is 7.11 Å². The molecule has 1 heterocycles. The van der Waals surface area contributed by atoms with Crippen LogP contribution in [0.2, 0.25) is 5.15 Å². The third-order valence-electron chi connectivity index (χ3n) is 3.02. The smallest absolute Gasteiger partial charge is 0.250 e. The molecule has 20 heavy (non-hydrogen) atoms. The van der Waals surface area contributed by atoms with E-state index >= 15 is 0 Å². The fraction of sp³-hybridized carbons (Fsp3) is 0.286. The lowest BCUT2D eigenvalue weighted by molar-refractivity contribution is 0.388. The molecule has 0 saturated carbocycles. The van der Waals surface area contributed by atoms with Gasteiger partial charge in [-0.2, -0.15) is 4.98 Å². The van der Waals surface area contributed by atoms with Gasteiger partial charge >= 0.3 is 0 Å². The van der Waals surface area contributed by atoms with Crippen molar-refractivity contribution in [2.45, 2.75) is 13.5 Å². The van der Waals surface area contributed by atoms with Crippen molar-refractivity contribution in [2.24, 2.45) is 0 Å². The maximum Gasteiger partial charge on any atom is 0.250 e. The van der Waals surface area contributed by atoms with Gasteiger partial charge in [-0.25, -0.2) is 0 Å². The van der Waals surface area contributed by atoms with Crippen molar-refractivity contribution in [3.63, 3.8) is 0 Å². The Morgan fingerprint density at radius 2 is 1.85 bits per heavy atom. The number of methoxy groups -OCH3 is 2. The third-order valence-corrected chi connectivity index (χ3v) is 3.78. The lowest BCUT2D eigenvalue weighted by Crippen LogP contribution is -2.09. The fourth-order valence-corrected chi connectivity index (χ4v) is 2.34. The second-order valence-electron chi connectivity index (χ2n) is 4.24. The Morgan fingerprint density at radius 3 is 2.40 bits per heavy atom. The summed E-state index contributed by atoms with van der Waals surface area (Å²) in [7, 11) is 3.17. The topological polar surface area (TPSA) is 36.3 Å². The van der Waals surface area contributed by atoms with Crippen LogP contribution >= 0.6 is 23.8 Å². The summed E-state index contributed by atoms with van der Waals surface area (Å²) < 4.78 is 12.7. The lowest BCUT2D eigenvalue weighted by Gasteiger charge is -2.14. The summed E-state index contributed by atoms with van der Waals surface area (Å²) in [5, 5.41) is 0.393. The molecule has 0 aliphatic heterocycles. The quantitative estimate of drug-likeness (QED) is 0.808. The molecule has 0 N–H and O–H groups in total. The second-order valence-corrected chi connectivity index (χ2v) is 4.98. The maximum absolute atomic E-state index is 6.11.